The molecule has 0 saturated heterocycles. The fourth-order valence-electron chi connectivity index (χ4n) is 1.29. The Hall–Kier alpha value is -1.55. The number of hydrogen-bond acceptors (Lipinski definition) is 2. The molecule has 1 aromatic heterocycles. The largest absolute Gasteiger partial charge is 0.336 e. The highest BCUT2D eigenvalue weighted by atomic mass is 15.7. The van der Waals surface area contributed by atoms with Gasteiger partial charge >= 0.3 is 6.33 Å². The molecule has 0 bridgehead atoms. The molecular weight excluding hydrogens is 164 g/mol. The quantitative estimate of drug-likeness (QED) is 0.437. The number of quaternary nitrogens is 1. The van der Waals surface area contributed by atoms with Gasteiger partial charge in [-0.25, -0.2) is 4.99 Å². The van der Waals surface area contributed by atoms with Gasteiger partial charge in [0.2, 0.25) is 6.67 Å². The minimum absolute atomic E-state index is 0.615. The molecule has 1 atom stereocenters. The van der Waals surface area contributed by atoms with Crippen molar-refractivity contribution in [1.29, 1.82) is 0 Å². The van der Waals surface area contributed by atoms with Crippen LogP contribution < -0.4 is 9.27 Å². The normalized spacial score (nSPS) is 26.2. The Balaban J connectivity index is 2.35. The summed E-state index contributed by atoms with van der Waals surface area (Å²) in [7, 11) is 2.08. The molecule has 13 heavy (non-hydrogen) atoms. The average Bonchev–Trinajstić information content (AvgIpc) is 2.20. The van der Waals surface area contributed by atoms with Crippen LogP contribution in [-0.2, 0) is 0 Å². The van der Waals surface area contributed by atoms with E-state index in [1.54, 1.807) is 12.5 Å². The smallest absolute Gasteiger partial charge is 0.234 e. The Bertz CT molecular complexity index is 344. The Kier molecular flexibility index (Phi) is 1.90. The third kappa shape index (κ3) is 1.48. The highest BCUT2D eigenvalue weighted by Gasteiger charge is 2.26. The second-order valence-corrected chi connectivity index (χ2v) is 3.16. The summed E-state index contributed by atoms with van der Waals surface area (Å²) in [5.74, 6) is 0. The predicted octanol–water partition coefficient (Wildman–Crippen LogP) is -0.00660. The molecule has 0 N–H and O–H groups in total. The van der Waals surface area contributed by atoms with Crippen molar-refractivity contribution in [3.8, 4) is 0 Å². The van der Waals surface area contributed by atoms with Crippen molar-refractivity contribution in [1.82, 2.24) is 9.58 Å². The molecule has 1 aliphatic rings. The number of nitrogens with zero attached hydrogens (tertiary/aromatic N) is 4. The van der Waals surface area contributed by atoms with Gasteiger partial charge in [0.15, 0.2) is 6.20 Å². The summed E-state index contributed by atoms with van der Waals surface area (Å²) >= 11 is 0. The first-order valence-electron chi connectivity index (χ1n) is 4.16. The van der Waals surface area contributed by atoms with Gasteiger partial charge in [-0.2, -0.15) is 0 Å². The lowest BCUT2D eigenvalue weighted by atomic mass is 10.5. The van der Waals surface area contributed by atoms with Crippen LogP contribution in [0.15, 0.2) is 42.1 Å². The number of aromatic nitrogens is 2. The minimum Gasteiger partial charge on any atom is -0.234 e. The summed E-state index contributed by atoms with van der Waals surface area (Å²) in [6.07, 6.45) is 11.4. The molecule has 0 spiro atoms. The van der Waals surface area contributed by atoms with Crippen LogP contribution in [0.3, 0.4) is 0 Å². The fourth-order valence-corrected chi connectivity index (χ4v) is 1.29. The Morgan fingerprint density at radius 3 is 3.00 bits per heavy atom. The van der Waals surface area contributed by atoms with Gasteiger partial charge < -0.3 is 0 Å². The molecule has 0 amide bonds. The third-order valence-corrected chi connectivity index (χ3v) is 2.09. The maximum absolute atomic E-state index is 4.22. The molecular formula is C9H12N4+2. The molecule has 0 aliphatic carbocycles. The van der Waals surface area contributed by atoms with Gasteiger partial charge in [0.25, 0.3) is 0 Å². The van der Waals surface area contributed by atoms with Crippen LogP contribution in [0.2, 0.25) is 0 Å². The predicted molar refractivity (Wildman–Crippen MR) is 50.4 cm³/mol. The van der Waals surface area contributed by atoms with Crippen LogP contribution in [0.25, 0.3) is 0 Å². The second kappa shape index (κ2) is 3.06. The monoisotopic (exact) mass is 176 g/mol. The zero-order valence-electron chi connectivity index (χ0n) is 7.54. The first kappa shape index (κ1) is 8.07. The Labute approximate surface area is 77.0 Å². The van der Waals surface area contributed by atoms with E-state index >= 15 is 0 Å². The lowest BCUT2D eigenvalue weighted by molar-refractivity contribution is -0.809. The van der Waals surface area contributed by atoms with E-state index in [-0.39, 0.29) is 0 Å². The van der Waals surface area contributed by atoms with Crippen molar-refractivity contribution in [2.45, 2.75) is 0 Å². The number of aliphatic imine (C=N–C) groups is 1. The van der Waals surface area contributed by atoms with E-state index in [1.807, 2.05) is 29.2 Å². The van der Waals surface area contributed by atoms with Gasteiger partial charge in [-0.3, -0.25) is 0 Å². The molecule has 0 radical (unpaired) electrons. The zero-order chi connectivity index (χ0) is 9.15. The van der Waals surface area contributed by atoms with E-state index in [9.17, 15) is 0 Å². The van der Waals surface area contributed by atoms with Crippen molar-refractivity contribution in [2.24, 2.45) is 4.99 Å². The first-order chi connectivity index (χ1) is 6.31. The highest BCUT2D eigenvalue weighted by molar-refractivity contribution is 5.71. The second-order valence-electron chi connectivity index (χ2n) is 3.16. The lowest BCUT2D eigenvalue weighted by Crippen LogP contribution is -2.69. The topological polar surface area (TPSA) is 29.1 Å². The van der Waals surface area contributed by atoms with Gasteiger partial charge in [-0.05, 0) is 0 Å². The van der Waals surface area contributed by atoms with E-state index in [1.165, 1.54) is 0 Å². The van der Waals surface area contributed by atoms with Crippen LogP contribution in [0.1, 0.15) is 0 Å². The van der Waals surface area contributed by atoms with Crippen molar-refractivity contribution < 1.29 is 4.68 Å². The molecule has 1 aliphatic heterocycles. The van der Waals surface area contributed by atoms with Crippen molar-refractivity contribution in [2.75, 3.05) is 13.7 Å². The van der Waals surface area contributed by atoms with Crippen molar-refractivity contribution >= 4 is 6.21 Å². The van der Waals surface area contributed by atoms with E-state index in [4.69, 9.17) is 0 Å². The lowest BCUT2D eigenvalue weighted by Gasteiger charge is -2.24. The number of allylic oxidation sites excluding steroid dienone is 1. The van der Waals surface area contributed by atoms with Crippen molar-refractivity contribution in [3.05, 3.63) is 37.1 Å². The fraction of sp³-hybridized carbons (Fsp3) is 0.222. The molecule has 0 fully saturated rings. The molecule has 1 unspecified atom stereocenters. The number of rotatable bonds is 1. The van der Waals surface area contributed by atoms with Gasteiger partial charge in [0.1, 0.15) is 19.4 Å². The summed E-state index contributed by atoms with van der Waals surface area (Å²) < 4.78 is 2.62. The summed E-state index contributed by atoms with van der Waals surface area (Å²) in [5, 5.41) is 0. The molecule has 0 aromatic carbocycles. The maximum atomic E-state index is 4.22. The van der Waals surface area contributed by atoms with Crippen LogP contribution in [0.5, 0.6) is 0 Å². The standard InChI is InChI=1S/C9H12N4/c1-13(7-3-5-11-9-13)12-6-2-4-10-8-12/h2-8H,9H2,1H3/q+2. The summed E-state index contributed by atoms with van der Waals surface area (Å²) in [4.78, 5) is 8.29. The molecule has 0 saturated carbocycles. The van der Waals surface area contributed by atoms with Gasteiger partial charge in [-0.1, -0.05) is 9.66 Å². The molecule has 4 heteroatoms. The molecule has 2 rings (SSSR count). The summed E-state index contributed by atoms with van der Waals surface area (Å²) in [6, 6.07) is 1.91. The third-order valence-electron chi connectivity index (χ3n) is 2.09. The van der Waals surface area contributed by atoms with Crippen LogP contribution >= 0.6 is 0 Å². The molecule has 66 valence electrons. The van der Waals surface area contributed by atoms with Gasteiger partial charge in [0, 0.05) is 18.4 Å². The Morgan fingerprint density at radius 1 is 1.46 bits per heavy atom. The minimum atomic E-state index is 0.615. The van der Waals surface area contributed by atoms with Crippen LogP contribution in [0.4, 0.5) is 0 Å². The van der Waals surface area contributed by atoms with Crippen LogP contribution in [-0.4, -0.2) is 24.9 Å². The highest BCUT2D eigenvalue weighted by Crippen LogP contribution is 1.97. The molecule has 1 aromatic rings. The van der Waals surface area contributed by atoms with Crippen molar-refractivity contribution in [3.63, 3.8) is 0 Å². The molecule has 4 nitrogen and oxygen atoms in total. The first-order valence-corrected chi connectivity index (χ1v) is 4.16. The molecule has 2 heterocycles. The number of hydrogen-bond donors (Lipinski definition) is 0. The van der Waals surface area contributed by atoms with E-state index in [0.29, 0.717) is 11.3 Å². The van der Waals surface area contributed by atoms with E-state index < -0.39 is 0 Å². The van der Waals surface area contributed by atoms with Gasteiger partial charge in [0.05, 0.1) is 0 Å². The average molecular weight is 176 g/mol. The summed E-state index contributed by atoms with van der Waals surface area (Å²) in [6.45, 7) is 0.715. The van der Waals surface area contributed by atoms with E-state index in [0.717, 1.165) is 0 Å². The Morgan fingerprint density at radius 2 is 2.38 bits per heavy atom. The summed E-state index contributed by atoms with van der Waals surface area (Å²) in [5.41, 5.74) is 0. The maximum Gasteiger partial charge on any atom is 0.336 e. The van der Waals surface area contributed by atoms with E-state index in [2.05, 4.69) is 23.2 Å². The van der Waals surface area contributed by atoms with Gasteiger partial charge in [-0.15, -0.1) is 4.59 Å². The van der Waals surface area contributed by atoms with Crippen LogP contribution in [0, 0.1) is 0 Å². The zero-order valence-corrected chi connectivity index (χ0v) is 7.54. The SMILES string of the molecule is C[N+]1([n+]2cccnc2)C=CC=NC1.